The van der Waals surface area contributed by atoms with Crippen LogP contribution in [0.1, 0.15) is 41.9 Å². The summed E-state index contributed by atoms with van der Waals surface area (Å²) in [6.07, 6.45) is 2.00. The van der Waals surface area contributed by atoms with Crippen molar-refractivity contribution in [3.63, 3.8) is 0 Å². The number of carbonyl (C=O) groups is 1. The fraction of sp³-hybridized carbons (Fsp3) is 0.400. The maximum Gasteiger partial charge on any atom is 0.175 e. The summed E-state index contributed by atoms with van der Waals surface area (Å²) in [5, 5.41) is 1.84. The number of benzene rings is 1. The Hall–Kier alpha value is -0.860. The second-order valence-corrected chi connectivity index (χ2v) is 6.24. The van der Waals surface area contributed by atoms with E-state index in [-0.39, 0.29) is 11.7 Å². The Morgan fingerprint density at radius 1 is 1.44 bits per heavy atom. The van der Waals surface area contributed by atoms with Gasteiger partial charge in [0.2, 0.25) is 0 Å². The van der Waals surface area contributed by atoms with Gasteiger partial charge in [-0.3, -0.25) is 4.79 Å². The summed E-state index contributed by atoms with van der Waals surface area (Å²) < 4.78 is 1.14. The van der Waals surface area contributed by atoms with Gasteiger partial charge in [-0.1, -0.05) is 31.9 Å². The molecule has 0 N–H and O–H groups in total. The third-order valence-corrected chi connectivity index (χ3v) is 4.81. The Bertz CT molecular complexity index is 585. The SMILES string of the molecule is CCCC(C)C(=O)c1sc2ccc(Cl)cc2c1C. The summed E-state index contributed by atoms with van der Waals surface area (Å²) in [5.41, 5.74) is 1.07. The first kappa shape index (κ1) is 13.6. The molecule has 0 amide bonds. The topological polar surface area (TPSA) is 17.1 Å². The van der Waals surface area contributed by atoms with Crippen molar-refractivity contribution in [2.45, 2.75) is 33.6 Å². The van der Waals surface area contributed by atoms with Crippen LogP contribution in [0.15, 0.2) is 18.2 Å². The van der Waals surface area contributed by atoms with E-state index in [1.807, 2.05) is 32.0 Å². The van der Waals surface area contributed by atoms with Crippen molar-refractivity contribution in [3.05, 3.63) is 33.7 Å². The molecular weight excluding hydrogens is 264 g/mol. The van der Waals surface area contributed by atoms with Gasteiger partial charge in [0.25, 0.3) is 0 Å². The summed E-state index contributed by atoms with van der Waals surface area (Å²) in [6.45, 7) is 6.14. The van der Waals surface area contributed by atoms with E-state index in [0.29, 0.717) is 0 Å². The Balaban J connectivity index is 2.46. The molecule has 1 nitrogen and oxygen atoms in total. The minimum atomic E-state index is 0.109. The molecule has 1 heterocycles. The van der Waals surface area contributed by atoms with Crippen LogP contribution in [-0.2, 0) is 0 Å². The van der Waals surface area contributed by atoms with Gasteiger partial charge in [-0.25, -0.2) is 0 Å². The fourth-order valence-corrected chi connectivity index (χ4v) is 3.63. The van der Waals surface area contributed by atoms with Crippen LogP contribution in [0, 0.1) is 12.8 Å². The number of thiophene rings is 1. The Morgan fingerprint density at radius 2 is 2.17 bits per heavy atom. The van der Waals surface area contributed by atoms with Crippen LogP contribution in [0.2, 0.25) is 5.02 Å². The monoisotopic (exact) mass is 280 g/mol. The summed E-state index contributed by atoms with van der Waals surface area (Å²) in [4.78, 5) is 13.3. The molecule has 0 aliphatic carbocycles. The maximum atomic E-state index is 12.4. The lowest BCUT2D eigenvalue weighted by molar-refractivity contribution is 0.0927. The highest BCUT2D eigenvalue weighted by Gasteiger charge is 2.20. The zero-order valence-corrected chi connectivity index (χ0v) is 12.5. The smallest absolute Gasteiger partial charge is 0.175 e. The molecule has 3 heteroatoms. The quantitative estimate of drug-likeness (QED) is 0.678. The first-order chi connectivity index (χ1) is 8.54. The Labute approximate surface area is 117 Å². The summed E-state index contributed by atoms with van der Waals surface area (Å²) in [7, 11) is 0. The van der Waals surface area contributed by atoms with E-state index in [4.69, 9.17) is 11.6 Å². The van der Waals surface area contributed by atoms with Crippen LogP contribution >= 0.6 is 22.9 Å². The number of carbonyl (C=O) groups excluding carboxylic acids is 1. The molecule has 1 atom stereocenters. The van der Waals surface area contributed by atoms with E-state index >= 15 is 0 Å². The van der Waals surface area contributed by atoms with Crippen LogP contribution in [0.25, 0.3) is 10.1 Å². The highest BCUT2D eigenvalue weighted by molar-refractivity contribution is 7.21. The average molecular weight is 281 g/mol. The Morgan fingerprint density at radius 3 is 2.83 bits per heavy atom. The highest BCUT2D eigenvalue weighted by Crippen LogP contribution is 2.34. The van der Waals surface area contributed by atoms with E-state index in [9.17, 15) is 4.79 Å². The van der Waals surface area contributed by atoms with Gasteiger partial charge in [0.15, 0.2) is 5.78 Å². The molecule has 0 aliphatic rings. The van der Waals surface area contributed by atoms with Crippen molar-refractivity contribution < 1.29 is 4.79 Å². The molecule has 2 rings (SSSR count). The fourth-order valence-electron chi connectivity index (χ4n) is 2.22. The lowest BCUT2D eigenvalue weighted by atomic mass is 9.97. The number of ketones is 1. The first-order valence-electron chi connectivity index (χ1n) is 6.27. The van der Waals surface area contributed by atoms with Crippen LogP contribution in [0.3, 0.4) is 0 Å². The molecule has 1 aromatic carbocycles. The maximum absolute atomic E-state index is 12.4. The number of Topliss-reactive ketones (excluding diaryl/α,β-unsaturated/α-hetero) is 1. The Kier molecular flexibility index (Phi) is 4.08. The summed E-state index contributed by atoms with van der Waals surface area (Å²) >= 11 is 7.60. The highest BCUT2D eigenvalue weighted by atomic mass is 35.5. The van der Waals surface area contributed by atoms with Crippen molar-refractivity contribution >= 4 is 38.8 Å². The molecule has 0 saturated heterocycles. The van der Waals surface area contributed by atoms with Gasteiger partial charge in [-0.15, -0.1) is 11.3 Å². The van der Waals surface area contributed by atoms with E-state index in [1.165, 1.54) is 0 Å². The molecule has 0 saturated carbocycles. The number of rotatable bonds is 4. The van der Waals surface area contributed by atoms with Crippen molar-refractivity contribution in [2.75, 3.05) is 0 Å². The third-order valence-electron chi connectivity index (χ3n) is 3.29. The van der Waals surface area contributed by atoms with Gasteiger partial charge in [-0.05, 0) is 42.5 Å². The van der Waals surface area contributed by atoms with Crippen LogP contribution < -0.4 is 0 Å². The van der Waals surface area contributed by atoms with Crippen LogP contribution in [0.5, 0.6) is 0 Å². The molecule has 0 fully saturated rings. The second kappa shape index (κ2) is 5.41. The molecule has 2 aromatic rings. The molecule has 96 valence electrons. The van der Waals surface area contributed by atoms with Crippen LogP contribution in [-0.4, -0.2) is 5.78 Å². The van der Waals surface area contributed by atoms with Crippen molar-refractivity contribution in [1.29, 1.82) is 0 Å². The largest absolute Gasteiger partial charge is 0.293 e. The number of hydrogen-bond donors (Lipinski definition) is 0. The lowest BCUT2D eigenvalue weighted by Crippen LogP contribution is -2.10. The molecule has 1 unspecified atom stereocenters. The summed E-state index contributed by atoms with van der Waals surface area (Å²) in [5.74, 6) is 0.379. The zero-order valence-electron chi connectivity index (χ0n) is 10.9. The van der Waals surface area contributed by atoms with Crippen LogP contribution in [0.4, 0.5) is 0 Å². The standard InChI is InChI=1S/C15H17ClOS/c1-4-5-9(2)14(17)15-10(3)12-8-11(16)6-7-13(12)18-15/h6-9H,4-5H2,1-3H3. The minimum Gasteiger partial charge on any atom is -0.293 e. The van der Waals surface area contributed by atoms with Crippen molar-refractivity contribution in [1.82, 2.24) is 0 Å². The van der Waals surface area contributed by atoms with Gasteiger partial charge in [0, 0.05) is 15.6 Å². The predicted molar refractivity (Wildman–Crippen MR) is 80.0 cm³/mol. The molecule has 18 heavy (non-hydrogen) atoms. The average Bonchev–Trinajstić information content (AvgIpc) is 2.66. The molecule has 0 spiro atoms. The van der Waals surface area contributed by atoms with Crippen molar-refractivity contribution in [3.8, 4) is 0 Å². The van der Waals surface area contributed by atoms with E-state index in [0.717, 1.165) is 38.4 Å². The number of fused-ring (bicyclic) bond motifs is 1. The van der Waals surface area contributed by atoms with Crippen molar-refractivity contribution in [2.24, 2.45) is 5.92 Å². The molecule has 0 bridgehead atoms. The van der Waals surface area contributed by atoms with Gasteiger partial charge >= 0.3 is 0 Å². The molecule has 0 aliphatic heterocycles. The van der Waals surface area contributed by atoms with E-state index < -0.39 is 0 Å². The predicted octanol–water partition coefficient (Wildman–Crippen LogP) is 5.48. The number of hydrogen-bond acceptors (Lipinski definition) is 2. The van der Waals surface area contributed by atoms with Gasteiger partial charge in [0.05, 0.1) is 4.88 Å². The van der Waals surface area contributed by atoms with E-state index in [2.05, 4.69) is 6.92 Å². The second-order valence-electron chi connectivity index (χ2n) is 4.75. The summed E-state index contributed by atoms with van der Waals surface area (Å²) in [6, 6.07) is 5.82. The normalized spacial score (nSPS) is 12.9. The number of halogens is 1. The van der Waals surface area contributed by atoms with Gasteiger partial charge in [0.1, 0.15) is 0 Å². The van der Waals surface area contributed by atoms with Gasteiger partial charge < -0.3 is 0 Å². The van der Waals surface area contributed by atoms with E-state index in [1.54, 1.807) is 11.3 Å². The minimum absolute atomic E-state index is 0.109. The molecular formula is C15H17ClOS. The first-order valence-corrected chi connectivity index (χ1v) is 7.47. The lowest BCUT2D eigenvalue weighted by Gasteiger charge is -2.07. The zero-order chi connectivity index (χ0) is 13.3. The number of aryl methyl sites for hydroxylation is 1. The third kappa shape index (κ3) is 2.45. The molecule has 1 aromatic heterocycles. The molecule has 0 radical (unpaired) electrons. The van der Waals surface area contributed by atoms with Gasteiger partial charge in [-0.2, -0.15) is 0 Å².